The van der Waals surface area contributed by atoms with E-state index in [1.165, 1.54) is 36.9 Å². The SMILES string of the molecule is CN1C(=O)C2C(SCC(=O)Nc3ccccc3C(F)(F)F)=NC(C3CC3)=NC2=[N+](C)C1=O. The first kappa shape index (κ1) is 22.2. The van der Waals surface area contributed by atoms with E-state index in [4.69, 9.17) is 0 Å². The van der Waals surface area contributed by atoms with Crippen molar-refractivity contribution in [2.24, 2.45) is 21.8 Å². The van der Waals surface area contributed by atoms with Crippen molar-refractivity contribution in [3.05, 3.63) is 29.8 Å². The Morgan fingerprint density at radius 2 is 1.94 bits per heavy atom. The third kappa shape index (κ3) is 4.18. The largest absolute Gasteiger partial charge is 0.445 e. The van der Waals surface area contributed by atoms with Crippen LogP contribution < -0.4 is 5.32 Å². The smallest absolute Gasteiger partial charge is 0.325 e. The lowest BCUT2D eigenvalue weighted by molar-refractivity contribution is -0.407. The van der Waals surface area contributed by atoms with E-state index in [9.17, 15) is 27.6 Å². The summed E-state index contributed by atoms with van der Waals surface area (Å²) in [5, 5.41) is 2.58. The van der Waals surface area contributed by atoms with Crippen molar-refractivity contribution in [2.75, 3.05) is 25.2 Å². The number of amidine groups is 2. The van der Waals surface area contributed by atoms with Gasteiger partial charge >= 0.3 is 18.1 Å². The van der Waals surface area contributed by atoms with Crippen LogP contribution in [0.25, 0.3) is 0 Å². The third-order valence-corrected chi connectivity index (χ3v) is 6.28. The minimum Gasteiger partial charge on any atom is -0.325 e. The summed E-state index contributed by atoms with van der Waals surface area (Å²) in [6, 6.07) is 4.17. The summed E-state index contributed by atoms with van der Waals surface area (Å²) >= 11 is 0.951. The quantitative estimate of drug-likeness (QED) is 0.691. The number of nitrogens with zero attached hydrogens (tertiary/aromatic N) is 4. The van der Waals surface area contributed by atoms with E-state index in [0.29, 0.717) is 10.9 Å². The average molecular weight is 466 g/mol. The Kier molecular flexibility index (Phi) is 5.65. The highest BCUT2D eigenvalue weighted by Gasteiger charge is 2.50. The van der Waals surface area contributed by atoms with Crippen molar-refractivity contribution in [1.29, 1.82) is 0 Å². The standard InChI is InChI=1S/C20H18F3N5O3S/c1-27-16-14(18(30)28(2)19(27)31)17(26-15(25-16)10-7-8-10)32-9-13(29)24-12-6-4-3-5-11(12)20(21,22)23/h3-6,10,14H,7-9H2,1-2H3/p+1. The van der Waals surface area contributed by atoms with Gasteiger partial charge in [0.2, 0.25) is 11.7 Å². The van der Waals surface area contributed by atoms with Gasteiger partial charge in [0.05, 0.1) is 31.1 Å². The van der Waals surface area contributed by atoms with Crippen molar-refractivity contribution >= 4 is 52.0 Å². The maximum atomic E-state index is 13.2. The average Bonchev–Trinajstić information content (AvgIpc) is 3.59. The molecule has 12 heteroatoms. The van der Waals surface area contributed by atoms with Gasteiger partial charge in [-0.15, -0.1) is 0 Å². The van der Waals surface area contributed by atoms with Crippen molar-refractivity contribution < 1.29 is 32.1 Å². The summed E-state index contributed by atoms with van der Waals surface area (Å²) in [7, 11) is 2.86. The van der Waals surface area contributed by atoms with Crippen molar-refractivity contribution in [2.45, 2.75) is 19.0 Å². The Bertz CT molecular complexity index is 1110. The van der Waals surface area contributed by atoms with Gasteiger partial charge in [-0.05, 0) is 25.0 Å². The normalized spacial score (nSPS) is 21.3. The van der Waals surface area contributed by atoms with Crippen LogP contribution in [-0.2, 0) is 15.8 Å². The molecule has 8 nitrogen and oxygen atoms in total. The van der Waals surface area contributed by atoms with Crippen molar-refractivity contribution in [3.8, 4) is 0 Å². The Morgan fingerprint density at radius 1 is 1.25 bits per heavy atom. The Hall–Kier alpha value is -3.02. The summed E-state index contributed by atoms with van der Waals surface area (Å²) in [5.74, 6) is -1.51. The third-order valence-electron chi connectivity index (χ3n) is 5.25. The molecule has 4 amide bonds. The van der Waals surface area contributed by atoms with Crippen LogP contribution in [0, 0.1) is 11.8 Å². The summed E-state index contributed by atoms with van der Waals surface area (Å²) < 4.78 is 40.8. The molecule has 1 unspecified atom stereocenters. The number of thioether (sulfide) groups is 1. The number of carbonyl (C=O) groups is 3. The highest BCUT2D eigenvalue weighted by molar-refractivity contribution is 8.14. The Balaban J connectivity index is 1.55. The maximum absolute atomic E-state index is 13.2. The number of anilines is 1. The molecule has 4 rings (SSSR count). The number of benzene rings is 1. The zero-order valence-electron chi connectivity index (χ0n) is 17.1. The van der Waals surface area contributed by atoms with Crippen molar-refractivity contribution in [3.63, 3.8) is 0 Å². The van der Waals surface area contributed by atoms with Crippen LogP contribution in [0.5, 0.6) is 0 Å². The number of hydrogen-bond donors (Lipinski definition) is 1. The molecule has 2 aliphatic heterocycles. The minimum absolute atomic E-state index is 0.129. The van der Waals surface area contributed by atoms with Gasteiger partial charge in [0.1, 0.15) is 5.04 Å². The fourth-order valence-corrected chi connectivity index (χ4v) is 4.28. The van der Waals surface area contributed by atoms with Gasteiger partial charge in [0.15, 0.2) is 5.92 Å². The van der Waals surface area contributed by atoms with Gasteiger partial charge in [-0.25, -0.2) is 9.79 Å². The van der Waals surface area contributed by atoms with Crippen LogP contribution >= 0.6 is 11.8 Å². The summed E-state index contributed by atoms with van der Waals surface area (Å²) in [6.07, 6.45) is -2.84. The molecule has 0 aromatic heterocycles. The molecule has 3 aliphatic rings. The number of imide groups is 1. The van der Waals surface area contributed by atoms with Gasteiger partial charge in [0.25, 0.3) is 5.84 Å². The maximum Gasteiger partial charge on any atom is 0.445 e. The second-order valence-corrected chi connectivity index (χ2v) is 8.60. The fourth-order valence-electron chi connectivity index (χ4n) is 3.40. The van der Waals surface area contributed by atoms with Crippen LogP contribution in [0.15, 0.2) is 34.3 Å². The lowest BCUT2D eigenvalue weighted by atomic mass is 10.0. The molecule has 168 valence electrons. The van der Waals surface area contributed by atoms with Crippen LogP contribution in [0.2, 0.25) is 0 Å². The number of carbonyl (C=O) groups excluding carboxylic acids is 3. The first-order chi connectivity index (χ1) is 15.1. The molecule has 1 fully saturated rings. The molecule has 1 aromatic carbocycles. The topological polar surface area (TPSA) is 94.2 Å². The number of urea groups is 1. The molecule has 0 radical (unpaired) electrons. The molecule has 32 heavy (non-hydrogen) atoms. The predicted molar refractivity (Wildman–Crippen MR) is 113 cm³/mol. The molecule has 1 atom stereocenters. The van der Waals surface area contributed by atoms with Crippen LogP contribution in [0.1, 0.15) is 18.4 Å². The zero-order chi connectivity index (χ0) is 23.2. The Morgan fingerprint density at radius 3 is 2.59 bits per heavy atom. The second-order valence-electron chi connectivity index (χ2n) is 7.60. The van der Waals surface area contributed by atoms with E-state index in [-0.39, 0.29) is 23.2 Å². The van der Waals surface area contributed by atoms with Crippen LogP contribution in [0.4, 0.5) is 23.7 Å². The first-order valence-corrected chi connectivity index (χ1v) is 10.7. The molecule has 0 bridgehead atoms. The number of fused-ring (bicyclic) bond motifs is 1. The zero-order valence-corrected chi connectivity index (χ0v) is 18.0. The number of aliphatic imine (C=N–C) groups is 2. The van der Waals surface area contributed by atoms with Crippen LogP contribution in [0.3, 0.4) is 0 Å². The molecule has 0 saturated heterocycles. The molecule has 0 spiro atoms. The number of rotatable bonds is 4. The summed E-state index contributed by atoms with van der Waals surface area (Å²) in [6.45, 7) is 0. The Labute approximate surface area is 185 Å². The van der Waals surface area contributed by atoms with E-state index in [2.05, 4.69) is 15.3 Å². The molecule has 1 aromatic rings. The minimum atomic E-state index is -4.61. The second kappa shape index (κ2) is 8.15. The fraction of sp³-hybridized carbons (Fsp3) is 0.400. The number of para-hydroxylation sites is 1. The first-order valence-electron chi connectivity index (χ1n) is 9.76. The van der Waals surface area contributed by atoms with Crippen molar-refractivity contribution in [1.82, 2.24) is 4.90 Å². The lowest BCUT2D eigenvalue weighted by Crippen LogP contribution is -2.54. The molecular weight excluding hydrogens is 447 g/mol. The molecule has 1 N–H and O–H groups in total. The summed E-state index contributed by atoms with van der Waals surface area (Å²) in [5.41, 5.74) is -1.29. The number of amides is 4. The molecule has 2 heterocycles. The van der Waals surface area contributed by atoms with E-state index >= 15 is 0 Å². The molecule has 1 saturated carbocycles. The van der Waals surface area contributed by atoms with E-state index < -0.39 is 35.5 Å². The van der Waals surface area contributed by atoms with E-state index in [1.807, 2.05) is 0 Å². The van der Waals surface area contributed by atoms with Crippen LogP contribution in [-0.4, -0.2) is 63.9 Å². The van der Waals surface area contributed by atoms with Gasteiger partial charge < -0.3 is 5.32 Å². The van der Waals surface area contributed by atoms with Gasteiger partial charge in [-0.1, -0.05) is 28.9 Å². The monoisotopic (exact) mass is 466 g/mol. The number of halogens is 3. The molecular formula is C20H19F3N5O3S+. The lowest BCUT2D eigenvalue weighted by Gasteiger charge is -2.26. The van der Waals surface area contributed by atoms with Gasteiger partial charge in [0, 0.05) is 5.92 Å². The van der Waals surface area contributed by atoms with E-state index in [1.54, 1.807) is 0 Å². The number of nitrogens with one attached hydrogen (secondary N) is 1. The predicted octanol–water partition coefficient (Wildman–Crippen LogP) is 2.85. The highest BCUT2D eigenvalue weighted by atomic mass is 32.2. The molecule has 1 aliphatic carbocycles. The van der Waals surface area contributed by atoms with E-state index in [0.717, 1.165) is 35.6 Å². The summed E-state index contributed by atoms with van der Waals surface area (Å²) in [4.78, 5) is 47.4. The number of alkyl halides is 3. The highest BCUT2D eigenvalue weighted by Crippen LogP contribution is 2.36. The van der Waals surface area contributed by atoms with Gasteiger partial charge in [-0.3, -0.25) is 9.59 Å². The number of hydrogen-bond acceptors (Lipinski definition) is 6. The van der Waals surface area contributed by atoms with Gasteiger partial charge in [-0.2, -0.15) is 22.6 Å².